The Morgan fingerprint density at radius 3 is 2.31 bits per heavy atom. The van der Waals surface area contributed by atoms with Crippen LogP contribution in [0.3, 0.4) is 0 Å². The molecular formula is C29H39FN4O4Sn. The number of hydrogen-bond donors (Lipinski definition) is 1. The predicted molar refractivity (Wildman–Crippen MR) is 152 cm³/mol. The van der Waals surface area contributed by atoms with E-state index in [1.165, 1.54) is 47.1 Å². The predicted octanol–water partition coefficient (Wildman–Crippen LogP) is 6.48. The van der Waals surface area contributed by atoms with Crippen molar-refractivity contribution in [3.05, 3.63) is 41.5 Å². The fraction of sp³-hybridized carbons (Fsp3) is 0.552. The molecule has 0 fully saturated rings. The van der Waals surface area contributed by atoms with Crippen LogP contribution in [-0.4, -0.2) is 57.4 Å². The first-order valence-corrected chi connectivity index (χ1v) is 21.9. The number of nitrogens with zero attached hydrogens (tertiary/aromatic N) is 4. The van der Waals surface area contributed by atoms with Crippen LogP contribution in [0.4, 0.5) is 15.0 Å². The van der Waals surface area contributed by atoms with Gasteiger partial charge in [0.25, 0.3) is 0 Å². The van der Waals surface area contributed by atoms with Gasteiger partial charge in [0.15, 0.2) is 0 Å². The maximum atomic E-state index is 15.2. The Labute approximate surface area is 233 Å². The summed E-state index contributed by atoms with van der Waals surface area (Å²) in [5.41, 5.74) is 1.78. The third-order valence-corrected chi connectivity index (χ3v) is 24.0. The number of rotatable bonds is 10. The Balaban J connectivity index is 1.72. The van der Waals surface area contributed by atoms with Crippen molar-refractivity contribution in [2.24, 2.45) is 0 Å². The Morgan fingerprint density at radius 1 is 1.05 bits per heavy atom. The molecule has 0 aliphatic carbocycles. The molecule has 8 nitrogen and oxygen atoms in total. The minimum atomic E-state index is -3.04. The number of unbranched alkanes of at least 4 members (excludes halogenated alkanes) is 3. The molecule has 5 rings (SSSR count). The van der Waals surface area contributed by atoms with Gasteiger partial charge in [0.1, 0.15) is 0 Å². The number of amides is 1. The van der Waals surface area contributed by atoms with Crippen molar-refractivity contribution in [3.8, 4) is 11.5 Å². The van der Waals surface area contributed by atoms with E-state index in [0.29, 0.717) is 35.1 Å². The van der Waals surface area contributed by atoms with Crippen LogP contribution >= 0.6 is 0 Å². The summed E-state index contributed by atoms with van der Waals surface area (Å²) in [5.74, 6) is 0.823. The molecule has 0 unspecified atom stereocenters. The number of benzene rings is 1. The first-order valence-electron chi connectivity index (χ1n) is 14.4. The van der Waals surface area contributed by atoms with Crippen LogP contribution in [0.5, 0.6) is 11.5 Å². The summed E-state index contributed by atoms with van der Waals surface area (Å²) in [6.07, 6.45) is 7.37. The Morgan fingerprint density at radius 2 is 1.69 bits per heavy atom. The van der Waals surface area contributed by atoms with Crippen molar-refractivity contribution in [1.82, 2.24) is 14.6 Å². The van der Waals surface area contributed by atoms with Gasteiger partial charge in [-0.05, 0) is 0 Å². The molecule has 0 saturated carbocycles. The van der Waals surface area contributed by atoms with E-state index in [4.69, 9.17) is 9.47 Å². The molecule has 1 N–H and O–H groups in total. The number of carbonyl (C=O) groups is 1. The average molecular weight is 645 g/mol. The quantitative estimate of drug-likeness (QED) is 0.254. The molecule has 1 atom stereocenters. The van der Waals surface area contributed by atoms with Gasteiger partial charge in [-0.3, -0.25) is 0 Å². The minimum absolute atomic E-state index is 0.150. The third kappa shape index (κ3) is 5.18. The van der Waals surface area contributed by atoms with Crippen molar-refractivity contribution in [2.45, 2.75) is 85.1 Å². The standard InChI is InChI=1S/C17H12FN4O4.3C4H9.Sn/c18-11-1-2-12-15-9(6-25-12)7-26-13-3-4-14-20-19-8-22(14)16(13)21(17(23)24)5-10(11)15;3*1-3-4-2;/h1-3,8-9H,5-7H2,(H,23,24);3*1,3-4H2,2H3;/t9-;;;;/m0..../s1. The Kier molecular flexibility index (Phi) is 8.54. The first-order chi connectivity index (χ1) is 18.9. The van der Waals surface area contributed by atoms with Crippen LogP contribution < -0.4 is 18.0 Å². The number of pyridine rings is 1. The number of ether oxygens (including phenoxy) is 2. The fourth-order valence-electron chi connectivity index (χ4n) is 6.37. The van der Waals surface area contributed by atoms with Crippen LogP contribution in [0.1, 0.15) is 76.3 Å². The topological polar surface area (TPSA) is 89.2 Å². The molecular weight excluding hydrogens is 606 g/mol. The van der Waals surface area contributed by atoms with E-state index in [-0.39, 0.29) is 19.1 Å². The normalized spacial score (nSPS) is 16.6. The van der Waals surface area contributed by atoms with Crippen LogP contribution in [0.15, 0.2) is 24.5 Å². The number of anilines is 1. The van der Waals surface area contributed by atoms with Gasteiger partial charge in [0, 0.05) is 0 Å². The molecule has 3 aromatic rings. The molecule has 0 spiro atoms. The summed E-state index contributed by atoms with van der Waals surface area (Å²) in [5, 5.41) is 19.3. The zero-order valence-electron chi connectivity index (χ0n) is 23.2. The molecule has 39 heavy (non-hydrogen) atoms. The summed E-state index contributed by atoms with van der Waals surface area (Å²) in [4.78, 5) is 13.9. The van der Waals surface area contributed by atoms with Gasteiger partial charge in [-0.2, -0.15) is 0 Å². The molecule has 0 bridgehead atoms. The van der Waals surface area contributed by atoms with E-state index in [0.717, 1.165) is 24.9 Å². The molecule has 4 heterocycles. The van der Waals surface area contributed by atoms with Crippen LogP contribution in [0, 0.1) is 5.82 Å². The van der Waals surface area contributed by atoms with Gasteiger partial charge in [-0.25, -0.2) is 0 Å². The fourth-order valence-corrected chi connectivity index (χ4v) is 22.7. The number of hydrogen-bond acceptors (Lipinski definition) is 5. The van der Waals surface area contributed by atoms with E-state index in [1.54, 1.807) is 16.8 Å². The second-order valence-electron chi connectivity index (χ2n) is 11.0. The monoisotopic (exact) mass is 646 g/mol. The third-order valence-electron chi connectivity index (χ3n) is 8.46. The number of halogens is 1. The molecule has 0 radical (unpaired) electrons. The zero-order valence-corrected chi connectivity index (χ0v) is 26.1. The van der Waals surface area contributed by atoms with Gasteiger partial charge in [-0.15, -0.1) is 0 Å². The number of carboxylic acid groups (broad SMARTS) is 1. The summed E-state index contributed by atoms with van der Waals surface area (Å²) >= 11 is -3.04. The van der Waals surface area contributed by atoms with E-state index < -0.39 is 30.3 Å². The van der Waals surface area contributed by atoms with Gasteiger partial charge in [0.2, 0.25) is 0 Å². The van der Waals surface area contributed by atoms with Crippen molar-refractivity contribution in [3.63, 3.8) is 0 Å². The molecule has 2 aliphatic heterocycles. The summed E-state index contributed by atoms with van der Waals surface area (Å²) < 4.78 is 34.3. The van der Waals surface area contributed by atoms with Crippen molar-refractivity contribution in [1.29, 1.82) is 0 Å². The summed E-state index contributed by atoms with van der Waals surface area (Å²) in [6, 6.07) is 5.08. The molecule has 210 valence electrons. The van der Waals surface area contributed by atoms with Gasteiger partial charge in [0.05, 0.1) is 0 Å². The Bertz CT molecular complexity index is 1320. The van der Waals surface area contributed by atoms with Crippen LogP contribution in [-0.2, 0) is 6.54 Å². The molecule has 2 aromatic heterocycles. The second-order valence-corrected chi connectivity index (χ2v) is 24.1. The van der Waals surface area contributed by atoms with Gasteiger partial charge in [-0.1, -0.05) is 0 Å². The van der Waals surface area contributed by atoms with Crippen LogP contribution in [0.25, 0.3) is 5.65 Å². The second kappa shape index (κ2) is 11.9. The average Bonchev–Trinajstić information content (AvgIpc) is 3.59. The van der Waals surface area contributed by atoms with E-state index in [9.17, 15) is 9.90 Å². The molecule has 1 aromatic carbocycles. The number of aromatic nitrogens is 3. The summed E-state index contributed by atoms with van der Waals surface area (Å²) in [6.45, 7) is 7.24. The summed E-state index contributed by atoms with van der Waals surface area (Å²) in [7, 11) is 0. The van der Waals surface area contributed by atoms with Gasteiger partial charge >= 0.3 is 234 Å². The van der Waals surface area contributed by atoms with E-state index >= 15 is 4.39 Å². The van der Waals surface area contributed by atoms with Crippen LogP contribution in [0.2, 0.25) is 13.3 Å². The first kappa shape index (κ1) is 28.0. The van der Waals surface area contributed by atoms with E-state index in [2.05, 4.69) is 37.0 Å². The van der Waals surface area contributed by atoms with Gasteiger partial charge < -0.3 is 0 Å². The SMILES string of the molecule is CCC[CH2][Sn]([CH2]CCC)([CH2]CCC)[c]1cc2c(n3cnnc13)N(C(=O)O)Cc1c(F)ccc3c1[C@@H](CO3)CO2. The zero-order chi connectivity index (χ0) is 27.6. The van der Waals surface area contributed by atoms with Crippen molar-refractivity contribution in [2.75, 3.05) is 18.1 Å². The maximum absolute atomic E-state index is 15.2. The number of fused-ring (bicyclic) bond motifs is 3. The van der Waals surface area contributed by atoms with Crippen molar-refractivity contribution < 1.29 is 23.8 Å². The molecule has 0 saturated heterocycles. The molecule has 10 heteroatoms. The van der Waals surface area contributed by atoms with E-state index in [1.807, 2.05) is 0 Å². The van der Waals surface area contributed by atoms with Crippen molar-refractivity contribution >= 4 is 39.5 Å². The Hall–Kier alpha value is -2.56. The molecule has 2 aliphatic rings. The molecule has 1 amide bonds.